The van der Waals surface area contributed by atoms with Gasteiger partial charge in [-0.15, -0.1) is 0 Å². The first-order chi connectivity index (χ1) is 13.6. The lowest BCUT2D eigenvalue weighted by Gasteiger charge is -2.38. The molecule has 29 heavy (non-hydrogen) atoms. The van der Waals surface area contributed by atoms with Gasteiger partial charge in [0.25, 0.3) is 0 Å². The minimum atomic E-state index is -1.30. The van der Waals surface area contributed by atoms with Gasteiger partial charge < -0.3 is 10.2 Å². The minimum absolute atomic E-state index is 0.0236. The maximum absolute atomic E-state index is 15.4. The summed E-state index contributed by atoms with van der Waals surface area (Å²) in [5, 5.41) is 3.66. The molecule has 1 saturated carbocycles. The van der Waals surface area contributed by atoms with Gasteiger partial charge in [-0.05, 0) is 61.8 Å². The molecule has 1 aromatic carbocycles. The van der Waals surface area contributed by atoms with Crippen molar-refractivity contribution in [2.75, 3.05) is 26.2 Å². The second-order valence-corrected chi connectivity index (χ2v) is 10.7. The zero-order valence-electron chi connectivity index (χ0n) is 18.2. The third kappa shape index (κ3) is 5.73. The summed E-state index contributed by atoms with van der Waals surface area (Å²) >= 11 is 6.03. The van der Waals surface area contributed by atoms with Crippen molar-refractivity contribution < 1.29 is 9.18 Å². The summed E-state index contributed by atoms with van der Waals surface area (Å²) in [7, 11) is 0. The third-order valence-electron chi connectivity index (χ3n) is 6.78. The Bertz CT molecular complexity index is 684. The fraction of sp³-hybridized carbons (Fsp3) is 0.708. The van der Waals surface area contributed by atoms with Gasteiger partial charge in [-0.2, -0.15) is 0 Å². The van der Waals surface area contributed by atoms with Gasteiger partial charge in [0, 0.05) is 18.1 Å². The highest BCUT2D eigenvalue weighted by molar-refractivity contribution is 6.30. The molecular weight excluding hydrogens is 387 g/mol. The van der Waals surface area contributed by atoms with Gasteiger partial charge in [-0.1, -0.05) is 57.3 Å². The van der Waals surface area contributed by atoms with Gasteiger partial charge in [-0.25, -0.2) is 4.39 Å². The van der Waals surface area contributed by atoms with Gasteiger partial charge in [0.1, 0.15) is 5.67 Å². The third-order valence-corrected chi connectivity index (χ3v) is 7.04. The largest absolute Gasteiger partial charge is 0.352 e. The Labute approximate surface area is 180 Å². The summed E-state index contributed by atoms with van der Waals surface area (Å²) in [6.07, 6.45) is 5.79. The average molecular weight is 423 g/mol. The first-order valence-corrected chi connectivity index (χ1v) is 11.5. The molecule has 1 N–H and O–H groups in total. The van der Waals surface area contributed by atoms with E-state index in [9.17, 15) is 4.79 Å². The Balaban J connectivity index is 1.56. The minimum Gasteiger partial charge on any atom is -0.352 e. The number of carbonyl (C=O) groups is 1. The average Bonchev–Trinajstić information content (AvgIpc) is 3.17. The van der Waals surface area contributed by atoms with Crippen LogP contribution in [-0.4, -0.2) is 42.7 Å². The van der Waals surface area contributed by atoms with Gasteiger partial charge in [0.05, 0.1) is 12.0 Å². The predicted molar refractivity (Wildman–Crippen MR) is 118 cm³/mol. The van der Waals surface area contributed by atoms with Gasteiger partial charge in [0.15, 0.2) is 0 Å². The van der Waals surface area contributed by atoms with Gasteiger partial charge >= 0.3 is 0 Å². The molecule has 2 aliphatic rings. The normalized spacial score (nSPS) is 21.8. The Hall–Kier alpha value is -1.13. The van der Waals surface area contributed by atoms with E-state index in [0.29, 0.717) is 23.3 Å². The highest BCUT2D eigenvalue weighted by atomic mass is 35.5. The van der Waals surface area contributed by atoms with Crippen LogP contribution in [-0.2, 0) is 10.2 Å². The molecule has 0 spiro atoms. The number of rotatable bonds is 6. The van der Waals surface area contributed by atoms with E-state index in [1.807, 2.05) is 24.3 Å². The lowest BCUT2D eigenvalue weighted by molar-refractivity contribution is -0.127. The van der Waals surface area contributed by atoms with Crippen LogP contribution in [0.2, 0.25) is 5.02 Å². The lowest BCUT2D eigenvalue weighted by atomic mass is 9.77. The number of piperidine rings is 1. The molecule has 1 aliphatic carbocycles. The SMILES string of the molecule is CC(C)(C)CCN1CCC(F)(CNC(=O)C2(c3ccc(Cl)cc3)CCCC2)CC1. The zero-order valence-corrected chi connectivity index (χ0v) is 19.0. The fourth-order valence-electron chi connectivity index (χ4n) is 4.65. The summed E-state index contributed by atoms with van der Waals surface area (Å²) < 4.78 is 15.4. The molecule has 0 bridgehead atoms. The Kier molecular flexibility index (Phi) is 6.95. The van der Waals surface area contributed by atoms with Crippen LogP contribution in [0.1, 0.15) is 71.3 Å². The Morgan fingerprint density at radius 3 is 2.24 bits per heavy atom. The van der Waals surface area contributed by atoms with Crippen molar-refractivity contribution in [1.82, 2.24) is 10.2 Å². The molecule has 3 rings (SSSR count). The van der Waals surface area contributed by atoms with Crippen molar-refractivity contribution >= 4 is 17.5 Å². The van der Waals surface area contributed by atoms with Crippen LogP contribution in [0.25, 0.3) is 0 Å². The van der Waals surface area contributed by atoms with Gasteiger partial charge in [0.2, 0.25) is 5.91 Å². The van der Waals surface area contributed by atoms with Crippen molar-refractivity contribution in [2.45, 2.75) is 76.8 Å². The number of hydrogen-bond acceptors (Lipinski definition) is 2. The standard InChI is InChI=1S/C24H36ClFN2O/c1-22(2,3)12-15-28-16-13-23(26,14-17-28)18-27-21(29)24(10-4-5-11-24)19-6-8-20(25)9-7-19/h6-9H,4-5,10-18H2,1-3H3,(H,27,29). The first kappa shape index (κ1) is 22.6. The van der Waals surface area contributed by atoms with Crippen LogP contribution >= 0.6 is 11.6 Å². The number of nitrogens with zero attached hydrogens (tertiary/aromatic N) is 1. The van der Waals surface area contributed by atoms with Crippen LogP contribution in [0.5, 0.6) is 0 Å². The quantitative estimate of drug-likeness (QED) is 0.655. The number of hydrogen-bond donors (Lipinski definition) is 1. The Morgan fingerprint density at radius 2 is 1.69 bits per heavy atom. The molecule has 2 fully saturated rings. The molecule has 0 unspecified atom stereocenters. The van der Waals surface area contributed by atoms with Crippen LogP contribution in [0.15, 0.2) is 24.3 Å². The van der Waals surface area contributed by atoms with Crippen molar-refractivity contribution in [3.05, 3.63) is 34.9 Å². The molecule has 0 aromatic heterocycles. The molecule has 0 atom stereocenters. The molecule has 5 heteroatoms. The number of alkyl halides is 1. The second kappa shape index (κ2) is 8.93. The fourth-order valence-corrected chi connectivity index (χ4v) is 4.78. The molecule has 1 aromatic rings. The smallest absolute Gasteiger partial charge is 0.230 e. The van der Waals surface area contributed by atoms with E-state index >= 15 is 4.39 Å². The summed E-state index contributed by atoms with van der Waals surface area (Å²) in [6.45, 7) is 9.40. The molecule has 1 aliphatic heterocycles. The van der Waals surface area contributed by atoms with E-state index in [4.69, 9.17) is 11.6 Å². The number of amides is 1. The van der Waals surface area contributed by atoms with Crippen molar-refractivity contribution in [1.29, 1.82) is 0 Å². The number of benzene rings is 1. The van der Waals surface area contributed by atoms with Crippen LogP contribution in [0.4, 0.5) is 4.39 Å². The maximum Gasteiger partial charge on any atom is 0.230 e. The van der Waals surface area contributed by atoms with Crippen molar-refractivity contribution in [3.8, 4) is 0 Å². The van der Waals surface area contributed by atoms with E-state index in [0.717, 1.165) is 57.3 Å². The second-order valence-electron chi connectivity index (χ2n) is 10.3. The lowest BCUT2D eigenvalue weighted by Crippen LogP contribution is -2.51. The van der Waals surface area contributed by atoms with Crippen molar-refractivity contribution in [2.24, 2.45) is 5.41 Å². The monoisotopic (exact) mass is 422 g/mol. The van der Waals surface area contributed by atoms with Crippen LogP contribution in [0.3, 0.4) is 0 Å². The van der Waals surface area contributed by atoms with E-state index in [1.165, 1.54) is 0 Å². The summed E-state index contributed by atoms with van der Waals surface area (Å²) in [5.74, 6) is -0.0236. The topological polar surface area (TPSA) is 32.3 Å². The van der Waals surface area contributed by atoms with Crippen LogP contribution in [0, 0.1) is 5.41 Å². The summed E-state index contributed by atoms with van der Waals surface area (Å²) in [5.41, 5.74) is -0.529. The first-order valence-electron chi connectivity index (χ1n) is 11.1. The summed E-state index contributed by atoms with van der Waals surface area (Å²) in [4.78, 5) is 15.6. The molecule has 1 heterocycles. The summed E-state index contributed by atoms with van der Waals surface area (Å²) in [6, 6.07) is 7.58. The van der Waals surface area contributed by atoms with E-state index < -0.39 is 11.1 Å². The molecular formula is C24H36ClFN2O. The molecule has 1 saturated heterocycles. The van der Waals surface area contributed by atoms with Crippen molar-refractivity contribution in [3.63, 3.8) is 0 Å². The number of carbonyl (C=O) groups excluding carboxylic acids is 1. The van der Waals surface area contributed by atoms with E-state index in [-0.39, 0.29) is 12.5 Å². The maximum atomic E-state index is 15.4. The zero-order chi connectivity index (χ0) is 21.1. The predicted octanol–water partition coefficient (Wildman–Crippen LogP) is 5.51. The Morgan fingerprint density at radius 1 is 1.10 bits per heavy atom. The molecule has 162 valence electrons. The van der Waals surface area contributed by atoms with E-state index in [1.54, 1.807) is 0 Å². The number of halogens is 2. The molecule has 1 amide bonds. The molecule has 0 radical (unpaired) electrons. The highest BCUT2D eigenvalue weighted by Crippen LogP contribution is 2.42. The van der Waals surface area contributed by atoms with Gasteiger partial charge in [-0.3, -0.25) is 4.79 Å². The highest BCUT2D eigenvalue weighted by Gasteiger charge is 2.44. The van der Waals surface area contributed by atoms with Crippen LogP contribution < -0.4 is 5.32 Å². The number of nitrogens with one attached hydrogen (secondary N) is 1. The molecule has 3 nitrogen and oxygen atoms in total. The van der Waals surface area contributed by atoms with E-state index in [2.05, 4.69) is 31.0 Å². The number of likely N-dealkylation sites (tertiary alicyclic amines) is 1.